The van der Waals surface area contributed by atoms with Crippen LogP contribution in [0.4, 0.5) is 0 Å². The molecule has 0 amide bonds. The Morgan fingerprint density at radius 1 is 1.27 bits per heavy atom. The van der Waals surface area contributed by atoms with Gasteiger partial charge in [0.2, 0.25) is 0 Å². The Bertz CT molecular complexity index is 395. The standard InChI is InChI=1S/C12H12ClNO/c1-9(8-12(14)10(2)13)15-11-6-4-3-5-7-11/h3-8H,1-2,14H2/b12-8+. The smallest absolute Gasteiger partial charge is 0.127 e. The van der Waals surface area contributed by atoms with Gasteiger partial charge in [-0.3, -0.25) is 0 Å². The Morgan fingerprint density at radius 3 is 2.40 bits per heavy atom. The molecule has 15 heavy (non-hydrogen) atoms. The van der Waals surface area contributed by atoms with E-state index in [1.54, 1.807) is 0 Å². The first-order valence-electron chi connectivity index (χ1n) is 4.33. The van der Waals surface area contributed by atoms with Crippen molar-refractivity contribution in [2.45, 2.75) is 0 Å². The van der Waals surface area contributed by atoms with Crippen LogP contribution in [0.2, 0.25) is 0 Å². The summed E-state index contributed by atoms with van der Waals surface area (Å²) in [4.78, 5) is 0. The summed E-state index contributed by atoms with van der Waals surface area (Å²) in [6.45, 7) is 7.18. The number of ether oxygens (including phenoxy) is 1. The number of benzene rings is 1. The van der Waals surface area contributed by atoms with Crippen molar-refractivity contribution in [1.82, 2.24) is 0 Å². The maximum atomic E-state index is 5.59. The van der Waals surface area contributed by atoms with E-state index >= 15 is 0 Å². The fraction of sp³-hybridized carbons (Fsp3) is 0. The number of hydrogen-bond acceptors (Lipinski definition) is 2. The van der Waals surface area contributed by atoms with Crippen LogP contribution in [0.1, 0.15) is 0 Å². The van der Waals surface area contributed by atoms with Crippen molar-refractivity contribution in [2.24, 2.45) is 5.73 Å². The molecular weight excluding hydrogens is 210 g/mol. The van der Waals surface area contributed by atoms with Crippen molar-refractivity contribution >= 4 is 11.6 Å². The molecule has 3 heteroatoms. The van der Waals surface area contributed by atoms with Gasteiger partial charge in [-0.25, -0.2) is 0 Å². The van der Waals surface area contributed by atoms with Crippen molar-refractivity contribution in [3.05, 3.63) is 66.1 Å². The van der Waals surface area contributed by atoms with Crippen LogP contribution >= 0.6 is 11.6 Å². The molecule has 0 atom stereocenters. The zero-order chi connectivity index (χ0) is 11.3. The highest BCUT2D eigenvalue weighted by Gasteiger charge is 1.97. The molecule has 0 bridgehead atoms. The molecule has 1 aromatic rings. The molecule has 0 aromatic heterocycles. The van der Waals surface area contributed by atoms with Gasteiger partial charge in [0.25, 0.3) is 0 Å². The van der Waals surface area contributed by atoms with Crippen LogP contribution in [0, 0.1) is 0 Å². The normalized spacial score (nSPS) is 10.9. The molecule has 1 aromatic carbocycles. The lowest BCUT2D eigenvalue weighted by atomic mass is 10.3. The van der Waals surface area contributed by atoms with Crippen LogP contribution in [-0.4, -0.2) is 0 Å². The van der Waals surface area contributed by atoms with E-state index < -0.39 is 0 Å². The van der Waals surface area contributed by atoms with Gasteiger partial charge in [-0.15, -0.1) is 0 Å². The summed E-state index contributed by atoms with van der Waals surface area (Å²) in [5.41, 5.74) is 5.90. The SMILES string of the molecule is C=C(/C=C(/N)C(=C)Cl)Oc1ccccc1. The monoisotopic (exact) mass is 221 g/mol. The van der Waals surface area contributed by atoms with Crippen LogP contribution in [0.25, 0.3) is 0 Å². The molecule has 2 N–H and O–H groups in total. The lowest BCUT2D eigenvalue weighted by molar-refractivity contribution is 0.446. The van der Waals surface area contributed by atoms with Crippen LogP contribution < -0.4 is 10.5 Å². The van der Waals surface area contributed by atoms with Crippen molar-refractivity contribution in [3.8, 4) is 5.75 Å². The molecule has 0 aliphatic rings. The van der Waals surface area contributed by atoms with Crippen molar-refractivity contribution in [1.29, 1.82) is 0 Å². The lowest BCUT2D eigenvalue weighted by Gasteiger charge is -2.05. The largest absolute Gasteiger partial charge is 0.458 e. The molecule has 0 saturated carbocycles. The molecule has 1 rings (SSSR count). The predicted octanol–water partition coefficient (Wildman–Crippen LogP) is 3.17. The summed E-state index contributed by atoms with van der Waals surface area (Å²) in [6, 6.07) is 9.29. The second-order valence-corrected chi connectivity index (χ2v) is 3.34. The Balaban J connectivity index is 2.65. The van der Waals surface area contributed by atoms with Gasteiger partial charge in [0.05, 0.1) is 10.7 Å². The highest BCUT2D eigenvalue weighted by atomic mass is 35.5. The molecule has 0 fully saturated rings. The molecule has 2 nitrogen and oxygen atoms in total. The summed E-state index contributed by atoms with van der Waals surface area (Å²) < 4.78 is 5.38. The number of hydrogen-bond donors (Lipinski definition) is 1. The zero-order valence-corrected chi connectivity index (χ0v) is 9.00. The summed E-state index contributed by atoms with van der Waals surface area (Å²) in [5, 5.41) is 0.271. The quantitative estimate of drug-likeness (QED) is 0.626. The fourth-order valence-electron chi connectivity index (χ4n) is 0.921. The third kappa shape index (κ3) is 3.92. The summed E-state index contributed by atoms with van der Waals surface area (Å²) in [7, 11) is 0. The first-order chi connectivity index (χ1) is 7.09. The van der Waals surface area contributed by atoms with Gasteiger partial charge in [0, 0.05) is 6.08 Å². The van der Waals surface area contributed by atoms with E-state index in [0.29, 0.717) is 17.2 Å². The molecule has 0 saturated heterocycles. The fourth-order valence-corrected chi connectivity index (χ4v) is 0.976. The predicted molar refractivity (Wildman–Crippen MR) is 63.5 cm³/mol. The Morgan fingerprint density at radius 2 is 1.87 bits per heavy atom. The maximum absolute atomic E-state index is 5.59. The number of para-hydroxylation sites is 1. The minimum absolute atomic E-state index is 0.271. The molecule has 0 aliphatic heterocycles. The van der Waals surface area contributed by atoms with Gasteiger partial charge < -0.3 is 10.5 Å². The van der Waals surface area contributed by atoms with E-state index in [0.717, 1.165) is 0 Å². The third-order valence-corrected chi connectivity index (χ3v) is 1.84. The first kappa shape index (κ1) is 11.4. The van der Waals surface area contributed by atoms with Crippen LogP contribution in [0.5, 0.6) is 5.75 Å². The van der Waals surface area contributed by atoms with Crippen LogP contribution in [-0.2, 0) is 0 Å². The highest BCUT2D eigenvalue weighted by molar-refractivity contribution is 6.31. The van der Waals surface area contributed by atoms with E-state index in [-0.39, 0.29) is 5.03 Å². The first-order valence-corrected chi connectivity index (χ1v) is 4.71. The van der Waals surface area contributed by atoms with Crippen LogP contribution in [0.3, 0.4) is 0 Å². The Labute approximate surface area is 94.3 Å². The molecule has 0 unspecified atom stereocenters. The molecule has 78 valence electrons. The minimum Gasteiger partial charge on any atom is -0.458 e. The second kappa shape index (κ2) is 5.27. The number of rotatable bonds is 4. The Kier molecular flexibility index (Phi) is 4.01. The van der Waals surface area contributed by atoms with Gasteiger partial charge >= 0.3 is 0 Å². The van der Waals surface area contributed by atoms with E-state index in [2.05, 4.69) is 13.2 Å². The average Bonchev–Trinajstić information content (AvgIpc) is 2.18. The van der Waals surface area contributed by atoms with Gasteiger partial charge in [0.15, 0.2) is 0 Å². The average molecular weight is 222 g/mol. The number of allylic oxidation sites excluding steroid dienone is 2. The molecule has 0 spiro atoms. The highest BCUT2D eigenvalue weighted by Crippen LogP contribution is 2.14. The molecular formula is C12H12ClNO. The minimum atomic E-state index is 0.271. The topological polar surface area (TPSA) is 35.2 Å². The third-order valence-electron chi connectivity index (χ3n) is 1.62. The summed E-state index contributed by atoms with van der Waals surface area (Å²) >= 11 is 5.59. The van der Waals surface area contributed by atoms with Crippen LogP contribution in [0.15, 0.2) is 66.1 Å². The van der Waals surface area contributed by atoms with Gasteiger partial charge in [-0.1, -0.05) is 43.0 Å². The summed E-state index contributed by atoms with van der Waals surface area (Å²) in [5.74, 6) is 1.12. The maximum Gasteiger partial charge on any atom is 0.127 e. The summed E-state index contributed by atoms with van der Waals surface area (Å²) in [6.07, 6.45) is 1.53. The van der Waals surface area contributed by atoms with Gasteiger partial charge in [-0.05, 0) is 12.1 Å². The number of nitrogens with two attached hydrogens (primary N) is 1. The molecule has 0 heterocycles. The van der Waals surface area contributed by atoms with Crippen molar-refractivity contribution < 1.29 is 4.74 Å². The Hall–Kier alpha value is -1.67. The van der Waals surface area contributed by atoms with E-state index in [1.807, 2.05) is 30.3 Å². The van der Waals surface area contributed by atoms with E-state index in [9.17, 15) is 0 Å². The number of halogens is 1. The van der Waals surface area contributed by atoms with Crippen molar-refractivity contribution in [3.63, 3.8) is 0 Å². The lowest BCUT2D eigenvalue weighted by Crippen LogP contribution is -1.99. The molecule has 0 aliphatic carbocycles. The second-order valence-electron chi connectivity index (χ2n) is 2.89. The zero-order valence-electron chi connectivity index (χ0n) is 8.24. The van der Waals surface area contributed by atoms with E-state index in [4.69, 9.17) is 22.1 Å². The van der Waals surface area contributed by atoms with E-state index in [1.165, 1.54) is 6.08 Å². The van der Waals surface area contributed by atoms with Gasteiger partial charge in [0.1, 0.15) is 11.5 Å². The van der Waals surface area contributed by atoms with Gasteiger partial charge in [-0.2, -0.15) is 0 Å². The van der Waals surface area contributed by atoms with Crippen molar-refractivity contribution in [2.75, 3.05) is 0 Å². The molecule has 0 radical (unpaired) electrons.